The van der Waals surface area contributed by atoms with Crippen molar-refractivity contribution in [3.05, 3.63) is 18.0 Å². The fraction of sp³-hybridized carbons (Fsp3) is 0.786. The number of hydrogen-bond donors (Lipinski definition) is 0. The summed E-state index contributed by atoms with van der Waals surface area (Å²) in [5, 5.41) is 4.39. The van der Waals surface area contributed by atoms with Crippen LogP contribution in [-0.2, 0) is 5.41 Å². The van der Waals surface area contributed by atoms with Crippen LogP contribution in [0.3, 0.4) is 0 Å². The maximum atomic E-state index is 14.1. The summed E-state index contributed by atoms with van der Waals surface area (Å²) in [5.41, 5.74) is 1.33. The average molecular weight is 253 g/mol. The highest BCUT2D eigenvalue weighted by molar-refractivity contribution is 5.17. The molecule has 1 fully saturated rings. The molecule has 0 spiro atoms. The summed E-state index contributed by atoms with van der Waals surface area (Å²) in [6, 6.07) is -0.0948. The molecule has 0 saturated carbocycles. The second-order valence-electron chi connectivity index (χ2n) is 6.08. The molecule has 1 aromatic heterocycles. The van der Waals surface area contributed by atoms with Crippen molar-refractivity contribution in [3.8, 4) is 0 Å². The van der Waals surface area contributed by atoms with Gasteiger partial charge in [0.2, 0.25) is 0 Å². The highest BCUT2D eigenvalue weighted by Gasteiger charge is 2.30. The van der Waals surface area contributed by atoms with Gasteiger partial charge >= 0.3 is 0 Å². The first-order valence-electron chi connectivity index (χ1n) is 6.81. The first kappa shape index (κ1) is 13.5. The van der Waals surface area contributed by atoms with E-state index in [-0.39, 0.29) is 11.5 Å². The predicted octanol–water partition coefficient (Wildman–Crippen LogP) is 2.79. The number of rotatable bonds is 3. The van der Waals surface area contributed by atoms with Crippen molar-refractivity contribution in [2.45, 2.75) is 51.2 Å². The van der Waals surface area contributed by atoms with Gasteiger partial charge in [0.05, 0.1) is 12.2 Å². The monoisotopic (exact) mass is 253 g/mol. The van der Waals surface area contributed by atoms with Gasteiger partial charge in [-0.05, 0) is 30.9 Å². The minimum Gasteiger partial charge on any atom is -0.303 e. The molecule has 102 valence electrons. The van der Waals surface area contributed by atoms with Crippen molar-refractivity contribution in [1.29, 1.82) is 0 Å². The summed E-state index contributed by atoms with van der Waals surface area (Å²) >= 11 is 0. The van der Waals surface area contributed by atoms with Crippen LogP contribution in [-0.4, -0.2) is 41.0 Å². The second kappa shape index (κ2) is 5.00. The fourth-order valence-electron chi connectivity index (χ4n) is 2.42. The van der Waals surface area contributed by atoms with Crippen LogP contribution in [0.2, 0.25) is 0 Å². The van der Waals surface area contributed by atoms with Crippen LogP contribution in [0.5, 0.6) is 0 Å². The molecule has 18 heavy (non-hydrogen) atoms. The third kappa shape index (κ3) is 2.58. The average Bonchev–Trinajstić information content (AvgIpc) is 2.79. The molecule has 2 heterocycles. The lowest BCUT2D eigenvalue weighted by Gasteiger charge is -2.32. The predicted molar refractivity (Wildman–Crippen MR) is 71.6 cm³/mol. The van der Waals surface area contributed by atoms with E-state index in [0.717, 1.165) is 19.4 Å². The van der Waals surface area contributed by atoms with E-state index in [4.69, 9.17) is 0 Å². The van der Waals surface area contributed by atoms with Gasteiger partial charge in [-0.15, -0.1) is 0 Å². The molecule has 0 N–H and O–H groups in total. The summed E-state index contributed by atoms with van der Waals surface area (Å²) in [5.74, 6) is 0. The van der Waals surface area contributed by atoms with Gasteiger partial charge in [-0.3, -0.25) is 4.68 Å². The Kier molecular flexibility index (Phi) is 3.76. The van der Waals surface area contributed by atoms with Gasteiger partial charge in [-0.25, -0.2) is 4.39 Å². The Morgan fingerprint density at radius 1 is 1.50 bits per heavy atom. The largest absolute Gasteiger partial charge is 0.303 e. The highest BCUT2D eigenvalue weighted by atomic mass is 19.1. The van der Waals surface area contributed by atoms with Crippen molar-refractivity contribution < 1.29 is 4.39 Å². The van der Waals surface area contributed by atoms with E-state index in [1.807, 2.05) is 29.0 Å². The lowest BCUT2D eigenvalue weighted by atomic mass is 9.84. The van der Waals surface area contributed by atoms with Crippen LogP contribution in [0.25, 0.3) is 0 Å². The first-order chi connectivity index (χ1) is 8.44. The minimum absolute atomic E-state index is 0.0948. The van der Waals surface area contributed by atoms with Crippen LogP contribution < -0.4 is 0 Å². The Labute approximate surface area is 109 Å². The van der Waals surface area contributed by atoms with Crippen molar-refractivity contribution in [2.24, 2.45) is 0 Å². The van der Waals surface area contributed by atoms with E-state index in [9.17, 15) is 4.39 Å². The molecule has 0 aliphatic carbocycles. The molecule has 1 aliphatic heterocycles. The smallest absolute Gasteiger partial charge is 0.135 e. The molecule has 3 nitrogen and oxygen atoms in total. The molecule has 2 atom stereocenters. The molecule has 1 saturated heterocycles. The van der Waals surface area contributed by atoms with Crippen molar-refractivity contribution in [3.63, 3.8) is 0 Å². The highest BCUT2D eigenvalue weighted by Crippen LogP contribution is 2.29. The first-order valence-corrected chi connectivity index (χ1v) is 6.81. The third-order valence-electron chi connectivity index (χ3n) is 4.32. The normalized spacial score (nSPS) is 26.5. The number of aromatic nitrogens is 2. The number of nitrogens with zero attached hydrogens (tertiary/aromatic N) is 3. The van der Waals surface area contributed by atoms with Gasteiger partial charge in [0.15, 0.2) is 0 Å². The molecule has 4 heteroatoms. The summed E-state index contributed by atoms with van der Waals surface area (Å²) < 4.78 is 15.9. The molecule has 0 radical (unpaired) electrons. The van der Waals surface area contributed by atoms with Gasteiger partial charge < -0.3 is 4.90 Å². The molecule has 0 amide bonds. The molecule has 2 rings (SSSR count). The summed E-state index contributed by atoms with van der Waals surface area (Å²) in [6.45, 7) is 8.03. The molecule has 1 aliphatic rings. The summed E-state index contributed by atoms with van der Waals surface area (Å²) in [7, 11) is 1.97. The number of piperidine rings is 1. The lowest BCUT2D eigenvalue weighted by molar-refractivity contribution is 0.100. The SMILES string of the molecule is CCC(C)(C)c1cnn(C2CCN(C)CC2F)c1. The Morgan fingerprint density at radius 2 is 2.22 bits per heavy atom. The molecule has 0 bridgehead atoms. The zero-order valence-electron chi connectivity index (χ0n) is 11.9. The van der Waals surface area contributed by atoms with Crippen molar-refractivity contribution in [1.82, 2.24) is 14.7 Å². The maximum absolute atomic E-state index is 14.1. The van der Waals surface area contributed by atoms with Crippen LogP contribution >= 0.6 is 0 Å². The number of likely N-dealkylation sites (tertiary alicyclic amines) is 1. The zero-order valence-corrected chi connectivity index (χ0v) is 11.9. The van der Waals surface area contributed by atoms with Gasteiger partial charge in [0.1, 0.15) is 6.17 Å². The van der Waals surface area contributed by atoms with E-state index in [0.29, 0.717) is 6.54 Å². The Hall–Kier alpha value is -0.900. The molecular weight excluding hydrogens is 229 g/mol. The molecular formula is C14H24FN3. The van der Waals surface area contributed by atoms with Gasteiger partial charge in [0.25, 0.3) is 0 Å². The molecule has 1 aromatic rings. The lowest BCUT2D eigenvalue weighted by Crippen LogP contribution is -2.40. The molecule has 2 unspecified atom stereocenters. The Bertz CT molecular complexity index is 399. The fourth-order valence-corrected chi connectivity index (χ4v) is 2.42. The Balaban J connectivity index is 2.15. The molecule has 0 aromatic carbocycles. The quantitative estimate of drug-likeness (QED) is 0.826. The third-order valence-corrected chi connectivity index (χ3v) is 4.32. The van der Waals surface area contributed by atoms with Crippen LogP contribution in [0.1, 0.15) is 45.2 Å². The van der Waals surface area contributed by atoms with E-state index >= 15 is 0 Å². The van der Waals surface area contributed by atoms with Crippen LogP contribution in [0, 0.1) is 0 Å². The standard InChI is InChI=1S/C14H24FN3/c1-5-14(2,3)11-8-16-18(9-11)13-6-7-17(4)10-12(13)15/h8-9,12-13H,5-7,10H2,1-4H3. The number of hydrogen-bond acceptors (Lipinski definition) is 2. The van der Waals surface area contributed by atoms with Crippen molar-refractivity contribution in [2.75, 3.05) is 20.1 Å². The van der Waals surface area contributed by atoms with Crippen LogP contribution in [0.15, 0.2) is 12.4 Å². The van der Waals surface area contributed by atoms with E-state index < -0.39 is 6.17 Å². The van der Waals surface area contributed by atoms with Gasteiger partial charge in [0, 0.05) is 19.3 Å². The number of halogens is 1. The van der Waals surface area contributed by atoms with Crippen molar-refractivity contribution >= 4 is 0 Å². The van der Waals surface area contributed by atoms with Gasteiger partial charge in [-0.2, -0.15) is 5.10 Å². The summed E-state index contributed by atoms with van der Waals surface area (Å²) in [4.78, 5) is 2.04. The van der Waals surface area contributed by atoms with E-state index in [1.165, 1.54) is 5.56 Å². The minimum atomic E-state index is -0.818. The van der Waals surface area contributed by atoms with E-state index in [2.05, 4.69) is 25.9 Å². The number of alkyl halides is 1. The van der Waals surface area contributed by atoms with Gasteiger partial charge in [-0.1, -0.05) is 20.8 Å². The Morgan fingerprint density at radius 3 is 2.83 bits per heavy atom. The van der Waals surface area contributed by atoms with Crippen LogP contribution in [0.4, 0.5) is 4.39 Å². The maximum Gasteiger partial charge on any atom is 0.135 e. The topological polar surface area (TPSA) is 21.1 Å². The summed E-state index contributed by atoms with van der Waals surface area (Å²) in [6.07, 6.45) is 5.01. The second-order valence-corrected chi connectivity index (χ2v) is 6.08. The zero-order chi connectivity index (χ0) is 13.3. The van der Waals surface area contributed by atoms with E-state index in [1.54, 1.807) is 0 Å².